The zero-order valence-corrected chi connectivity index (χ0v) is 32.8. The Morgan fingerprint density at radius 1 is 0.339 bits per heavy atom. The smallest absolute Gasteiger partial charge is 0.159 e. The number of anilines is 3. The second-order valence-corrected chi connectivity index (χ2v) is 16.3. The molecule has 0 atom stereocenters. The summed E-state index contributed by atoms with van der Waals surface area (Å²) in [6.07, 6.45) is 0. The van der Waals surface area contributed by atoms with Crippen LogP contribution in [-0.2, 0) is 0 Å². The molecule has 3 heteroatoms. The van der Waals surface area contributed by atoms with Crippen molar-refractivity contribution in [2.45, 2.75) is 0 Å². The third kappa shape index (κ3) is 5.55. The molecule has 59 heavy (non-hydrogen) atoms. The topological polar surface area (TPSA) is 16.4 Å². The first-order valence-corrected chi connectivity index (χ1v) is 20.9. The predicted octanol–water partition coefficient (Wildman–Crippen LogP) is 16.7. The van der Waals surface area contributed by atoms with Gasteiger partial charge >= 0.3 is 0 Å². The van der Waals surface area contributed by atoms with Crippen molar-refractivity contribution in [3.05, 3.63) is 212 Å². The van der Waals surface area contributed by atoms with Crippen LogP contribution >= 0.6 is 11.3 Å². The maximum absolute atomic E-state index is 6.74. The molecular weight excluding hydrogens is 735 g/mol. The Morgan fingerprint density at radius 2 is 0.983 bits per heavy atom. The van der Waals surface area contributed by atoms with Crippen molar-refractivity contribution in [1.82, 2.24) is 0 Å². The molecule has 0 saturated carbocycles. The molecule has 0 N–H and O–H groups in total. The predicted molar refractivity (Wildman–Crippen MR) is 253 cm³/mol. The van der Waals surface area contributed by atoms with Gasteiger partial charge in [0.2, 0.25) is 0 Å². The van der Waals surface area contributed by atoms with Crippen LogP contribution in [0.1, 0.15) is 0 Å². The fourth-order valence-corrected chi connectivity index (χ4v) is 10.2. The molecule has 10 aromatic carbocycles. The molecule has 2 aromatic heterocycles. The number of furan rings is 1. The maximum atomic E-state index is 6.74. The molecule has 0 aliphatic rings. The van der Waals surface area contributed by atoms with Gasteiger partial charge in [-0.1, -0.05) is 152 Å². The van der Waals surface area contributed by atoms with Gasteiger partial charge in [-0.15, -0.1) is 11.3 Å². The fraction of sp³-hybridized carbons (Fsp3) is 0. The van der Waals surface area contributed by atoms with Gasteiger partial charge in [-0.2, -0.15) is 0 Å². The molecule has 276 valence electrons. The highest BCUT2D eigenvalue weighted by molar-refractivity contribution is 7.25. The summed E-state index contributed by atoms with van der Waals surface area (Å²) in [5.74, 6) is 0. The van der Waals surface area contributed by atoms with Crippen molar-refractivity contribution < 1.29 is 4.42 Å². The van der Waals surface area contributed by atoms with E-state index in [4.69, 9.17) is 4.42 Å². The minimum absolute atomic E-state index is 0.859. The zero-order chi connectivity index (χ0) is 38.9. The monoisotopic (exact) mass is 769 g/mol. The molecule has 0 bridgehead atoms. The molecule has 2 heterocycles. The number of hydrogen-bond donors (Lipinski definition) is 0. The van der Waals surface area contributed by atoms with Crippen LogP contribution < -0.4 is 4.90 Å². The standard InChI is InChI=1S/C56H35NOS/c1-2-13-36(14-3-1)43-31-30-41(35-50(43)39-27-32-55-51(34-39)47-20-9-11-24-54(47)59-55)57(52-22-12-21-48-46-19-8-10-23-53(46)58-56(48)52)40-28-25-37(26-29-40)49-33-38-15-4-5-16-42(38)44-17-6-7-18-45(44)49/h1-35H. The lowest BCUT2D eigenvalue weighted by molar-refractivity contribution is 0.669. The summed E-state index contributed by atoms with van der Waals surface area (Å²) in [5, 5.41) is 9.81. The molecule has 0 fully saturated rings. The minimum atomic E-state index is 0.859. The van der Waals surface area contributed by atoms with Crippen LogP contribution in [0.2, 0.25) is 0 Å². The highest BCUT2D eigenvalue weighted by Gasteiger charge is 2.22. The van der Waals surface area contributed by atoms with Gasteiger partial charge in [0, 0.05) is 42.3 Å². The number of thiophene rings is 1. The number of hydrogen-bond acceptors (Lipinski definition) is 3. The second-order valence-electron chi connectivity index (χ2n) is 15.2. The van der Waals surface area contributed by atoms with Gasteiger partial charge in [0.15, 0.2) is 5.58 Å². The Bertz CT molecular complexity index is 3560. The first kappa shape index (κ1) is 33.7. The number of nitrogens with zero attached hydrogens (tertiary/aromatic N) is 1. The molecule has 12 rings (SSSR count). The average Bonchev–Trinajstić information content (AvgIpc) is 3.88. The van der Waals surface area contributed by atoms with E-state index in [1.807, 2.05) is 17.4 Å². The summed E-state index contributed by atoms with van der Waals surface area (Å²) < 4.78 is 9.34. The molecule has 0 aliphatic carbocycles. The Morgan fingerprint density at radius 3 is 1.85 bits per heavy atom. The molecule has 12 aromatic rings. The largest absolute Gasteiger partial charge is 0.454 e. The SMILES string of the molecule is c1ccc(-c2ccc(N(c3ccc(-c4cc5ccccc5c5ccccc45)cc3)c3cccc4c3oc3ccccc34)cc2-c2ccc3sc4ccccc4c3c2)cc1. The second kappa shape index (κ2) is 13.6. The van der Waals surface area contributed by atoms with Gasteiger partial charge in [-0.05, 0) is 116 Å². The Kier molecular flexibility index (Phi) is 7.75. The van der Waals surface area contributed by atoms with E-state index in [1.54, 1.807) is 0 Å². The van der Waals surface area contributed by atoms with E-state index in [9.17, 15) is 0 Å². The van der Waals surface area contributed by atoms with E-state index >= 15 is 0 Å². The lowest BCUT2D eigenvalue weighted by Crippen LogP contribution is -2.10. The summed E-state index contributed by atoms with van der Waals surface area (Å²) in [7, 11) is 0. The highest BCUT2D eigenvalue weighted by atomic mass is 32.1. The van der Waals surface area contributed by atoms with Gasteiger partial charge in [-0.3, -0.25) is 0 Å². The fourth-order valence-electron chi connectivity index (χ4n) is 9.09. The molecule has 0 unspecified atom stereocenters. The molecule has 0 saturated heterocycles. The van der Waals surface area contributed by atoms with E-state index in [-0.39, 0.29) is 0 Å². The molecule has 0 amide bonds. The van der Waals surface area contributed by atoms with E-state index in [0.717, 1.165) is 39.0 Å². The van der Waals surface area contributed by atoms with Gasteiger partial charge in [0.1, 0.15) is 5.58 Å². The maximum Gasteiger partial charge on any atom is 0.159 e. The normalized spacial score (nSPS) is 11.7. The summed E-state index contributed by atoms with van der Waals surface area (Å²) >= 11 is 1.85. The Balaban J connectivity index is 1.08. The number of benzene rings is 10. The first-order chi connectivity index (χ1) is 29.2. The third-order valence-electron chi connectivity index (χ3n) is 11.9. The van der Waals surface area contributed by atoms with Crippen LogP contribution in [0.5, 0.6) is 0 Å². The van der Waals surface area contributed by atoms with Crippen molar-refractivity contribution in [1.29, 1.82) is 0 Å². The van der Waals surface area contributed by atoms with Crippen LogP contribution in [0.4, 0.5) is 17.1 Å². The first-order valence-electron chi connectivity index (χ1n) is 20.1. The lowest BCUT2D eigenvalue weighted by Gasteiger charge is -2.27. The summed E-state index contributed by atoms with van der Waals surface area (Å²) in [4.78, 5) is 2.36. The summed E-state index contributed by atoms with van der Waals surface area (Å²) in [6.45, 7) is 0. The molecule has 0 aliphatic heterocycles. The highest BCUT2D eigenvalue weighted by Crippen LogP contribution is 2.46. The van der Waals surface area contributed by atoms with E-state index in [1.165, 1.54) is 75.1 Å². The third-order valence-corrected chi connectivity index (χ3v) is 13.0. The quantitative estimate of drug-likeness (QED) is 0.157. The molecule has 2 nitrogen and oxygen atoms in total. The van der Waals surface area contributed by atoms with Crippen molar-refractivity contribution in [3.8, 4) is 33.4 Å². The Hall–Kier alpha value is -7.46. The van der Waals surface area contributed by atoms with Crippen LogP contribution in [0.15, 0.2) is 217 Å². The van der Waals surface area contributed by atoms with Crippen molar-refractivity contribution in [2.75, 3.05) is 4.90 Å². The van der Waals surface area contributed by atoms with Gasteiger partial charge in [-0.25, -0.2) is 0 Å². The van der Waals surface area contributed by atoms with Gasteiger partial charge in [0.25, 0.3) is 0 Å². The zero-order valence-electron chi connectivity index (χ0n) is 32.0. The van der Waals surface area contributed by atoms with Crippen LogP contribution in [0.25, 0.3) is 97.0 Å². The Labute approximate surface area is 345 Å². The van der Waals surface area contributed by atoms with Crippen molar-refractivity contribution in [2.24, 2.45) is 0 Å². The summed E-state index contributed by atoms with van der Waals surface area (Å²) in [5.41, 5.74) is 11.9. The van der Waals surface area contributed by atoms with Gasteiger partial charge < -0.3 is 9.32 Å². The van der Waals surface area contributed by atoms with E-state index in [0.29, 0.717) is 0 Å². The molecule has 0 radical (unpaired) electrons. The van der Waals surface area contributed by atoms with Crippen molar-refractivity contribution >= 4 is 92.1 Å². The minimum Gasteiger partial charge on any atom is -0.454 e. The summed E-state index contributed by atoms with van der Waals surface area (Å²) in [6, 6.07) is 77.0. The molecule has 0 spiro atoms. The number of para-hydroxylation sites is 2. The average molecular weight is 770 g/mol. The molecular formula is C56H35NOS. The van der Waals surface area contributed by atoms with Crippen LogP contribution in [0.3, 0.4) is 0 Å². The van der Waals surface area contributed by atoms with E-state index < -0.39 is 0 Å². The van der Waals surface area contributed by atoms with Crippen LogP contribution in [-0.4, -0.2) is 0 Å². The number of rotatable bonds is 6. The van der Waals surface area contributed by atoms with Gasteiger partial charge in [0.05, 0.1) is 5.69 Å². The number of fused-ring (bicyclic) bond motifs is 9. The van der Waals surface area contributed by atoms with Crippen molar-refractivity contribution in [3.63, 3.8) is 0 Å². The van der Waals surface area contributed by atoms with Crippen LogP contribution in [0, 0.1) is 0 Å². The van der Waals surface area contributed by atoms with E-state index in [2.05, 4.69) is 211 Å². The lowest BCUT2D eigenvalue weighted by atomic mass is 9.92.